The molecule has 1 unspecified atom stereocenters. The van der Waals surface area contributed by atoms with Crippen LogP contribution in [0.25, 0.3) is 5.70 Å². The molecule has 0 aromatic heterocycles. The lowest BCUT2D eigenvalue weighted by molar-refractivity contribution is -0.428. The molecule has 0 saturated carbocycles. The molecule has 0 spiro atoms. The van der Waals surface area contributed by atoms with Gasteiger partial charge >= 0.3 is 5.97 Å². The van der Waals surface area contributed by atoms with Crippen molar-refractivity contribution in [2.45, 2.75) is 26.7 Å². The second-order valence-corrected chi connectivity index (χ2v) is 6.94. The molecular formula is C22H19F3N2O4. The van der Waals surface area contributed by atoms with Gasteiger partial charge in [-0.1, -0.05) is 24.3 Å². The predicted octanol–water partition coefficient (Wildman–Crippen LogP) is 4.58. The Morgan fingerprint density at radius 2 is 1.77 bits per heavy atom. The molecule has 0 radical (unpaired) electrons. The quantitative estimate of drug-likeness (QED) is 0.425. The van der Waals surface area contributed by atoms with Gasteiger partial charge < -0.3 is 10.1 Å². The van der Waals surface area contributed by atoms with Crippen LogP contribution < -0.4 is 5.32 Å². The first kappa shape index (κ1) is 22.1. The maximum Gasteiger partial charge on any atom is 0.336 e. The lowest BCUT2D eigenvalue weighted by atomic mass is 9.81. The van der Waals surface area contributed by atoms with Crippen molar-refractivity contribution in [3.63, 3.8) is 0 Å². The highest BCUT2D eigenvalue weighted by Crippen LogP contribution is 2.43. The molecule has 0 aliphatic carbocycles. The van der Waals surface area contributed by atoms with Gasteiger partial charge in [-0.15, -0.1) is 0 Å². The largest absolute Gasteiger partial charge is 0.463 e. The molecule has 9 heteroatoms. The first-order valence-corrected chi connectivity index (χ1v) is 9.41. The number of halogens is 3. The van der Waals surface area contributed by atoms with E-state index in [1.54, 1.807) is 38.1 Å². The van der Waals surface area contributed by atoms with Crippen molar-refractivity contribution in [3.8, 4) is 0 Å². The molecule has 1 heterocycles. The number of dihydropyridines is 1. The van der Waals surface area contributed by atoms with E-state index in [0.717, 1.165) is 0 Å². The molecule has 2 aromatic rings. The fourth-order valence-electron chi connectivity index (χ4n) is 3.68. The van der Waals surface area contributed by atoms with E-state index in [0.29, 0.717) is 23.3 Å². The Hall–Kier alpha value is -3.62. The van der Waals surface area contributed by atoms with Crippen molar-refractivity contribution in [2.75, 3.05) is 6.61 Å². The zero-order chi connectivity index (χ0) is 22.9. The maximum absolute atomic E-state index is 14.6. The molecular weight excluding hydrogens is 413 g/mol. The predicted molar refractivity (Wildman–Crippen MR) is 107 cm³/mol. The van der Waals surface area contributed by atoms with Gasteiger partial charge in [0.1, 0.15) is 29.1 Å². The third-order valence-corrected chi connectivity index (χ3v) is 4.98. The van der Waals surface area contributed by atoms with Gasteiger partial charge in [0.15, 0.2) is 0 Å². The summed E-state index contributed by atoms with van der Waals surface area (Å²) in [4.78, 5) is 24.1. The van der Waals surface area contributed by atoms with Crippen LogP contribution in [0.4, 0.5) is 13.2 Å². The number of hydrogen-bond acceptors (Lipinski definition) is 5. The maximum atomic E-state index is 14.6. The van der Waals surface area contributed by atoms with E-state index in [2.05, 4.69) is 5.32 Å². The number of carbonyl (C=O) groups is 1. The summed E-state index contributed by atoms with van der Waals surface area (Å²) in [5.41, 5.74) is -0.800. The highest BCUT2D eigenvalue weighted by Gasteiger charge is 2.44. The topological polar surface area (TPSA) is 81.5 Å². The highest BCUT2D eigenvalue weighted by molar-refractivity contribution is 5.94. The van der Waals surface area contributed by atoms with Crippen molar-refractivity contribution in [2.24, 2.45) is 0 Å². The molecule has 0 amide bonds. The molecule has 3 rings (SSSR count). The van der Waals surface area contributed by atoms with E-state index in [-0.39, 0.29) is 17.9 Å². The fourth-order valence-corrected chi connectivity index (χ4v) is 3.68. The third-order valence-electron chi connectivity index (χ3n) is 4.98. The monoisotopic (exact) mass is 432 g/mol. The van der Waals surface area contributed by atoms with Gasteiger partial charge in [0.25, 0.3) is 5.70 Å². The van der Waals surface area contributed by atoms with Crippen LogP contribution in [0, 0.1) is 34.5 Å². The SMILES string of the molecule is CCOC(=O)C1=C(C)NC(c2c(F)cc(F)cc2F)=C([N+](=O)[O-])C1c1ccccc1C. The number of benzene rings is 2. The second-order valence-electron chi connectivity index (χ2n) is 6.94. The number of nitrogens with one attached hydrogen (secondary N) is 1. The third kappa shape index (κ3) is 4.03. The number of hydrogen-bond donors (Lipinski definition) is 1. The number of carbonyl (C=O) groups excluding carboxylic acids is 1. The van der Waals surface area contributed by atoms with Gasteiger partial charge in [-0.2, -0.15) is 0 Å². The first-order chi connectivity index (χ1) is 14.7. The van der Waals surface area contributed by atoms with Gasteiger partial charge in [-0.3, -0.25) is 10.1 Å². The van der Waals surface area contributed by atoms with Gasteiger partial charge in [0.05, 0.1) is 22.7 Å². The number of rotatable bonds is 5. The number of esters is 1. The number of nitrogens with zero attached hydrogens (tertiary/aromatic N) is 1. The lowest BCUT2D eigenvalue weighted by Gasteiger charge is -2.28. The number of ether oxygens (including phenoxy) is 1. The smallest absolute Gasteiger partial charge is 0.336 e. The summed E-state index contributed by atoms with van der Waals surface area (Å²) in [6, 6.07) is 7.53. The molecule has 1 aliphatic heterocycles. The van der Waals surface area contributed by atoms with Crippen molar-refractivity contribution >= 4 is 11.7 Å². The van der Waals surface area contributed by atoms with E-state index >= 15 is 0 Å². The molecule has 1 atom stereocenters. The summed E-state index contributed by atoms with van der Waals surface area (Å²) < 4.78 is 47.7. The molecule has 1 N–H and O–H groups in total. The Bertz CT molecular complexity index is 1120. The van der Waals surface area contributed by atoms with Crippen molar-refractivity contribution in [3.05, 3.63) is 97.6 Å². The Balaban J connectivity index is 2.38. The van der Waals surface area contributed by atoms with E-state index in [1.807, 2.05) is 0 Å². The van der Waals surface area contributed by atoms with Crippen molar-refractivity contribution in [1.82, 2.24) is 5.32 Å². The van der Waals surface area contributed by atoms with Crippen molar-refractivity contribution < 1.29 is 27.6 Å². The lowest BCUT2D eigenvalue weighted by Crippen LogP contribution is -2.32. The second kappa shape index (κ2) is 8.63. The minimum Gasteiger partial charge on any atom is -0.463 e. The molecule has 0 saturated heterocycles. The minimum atomic E-state index is -1.31. The summed E-state index contributed by atoms with van der Waals surface area (Å²) in [5, 5.41) is 14.8. The summed E-state index contributed by atoms with van der Waals surface area (Å²) in [7, 11) is 0. The zero-order valence-electron chi connectivity index (χ0n) is 17.0. The van der Waals surface area contributed by atoms with Crippen LogP contribution in [0.1, 0.15) is 36.5 Å². The van der Waals surface area contributed by atoms with E-state index in [9.17, 15) is 28.1 Å². The van der Waals surface area contributed by atoms with Crippen LogP contribution >= 0.6 is 0 Å². The van der Waals surface area contributed by atoms with Crippen LogP contribution in [0.3, 0.4) is 0 Å². The van der Waals surface area contributed by atoms with Crippen LogP contribution in [-0.2, 0) is 9.53 Å². The summed E-state index contributed by atoms with van der Waals surface area (Å²) >= 11 is 0. The average molecular weight is 432 g/mol. The Kier molecular flexibility index (Phi) is 6.14. The molecule has 31 heavy (non-hydrogen) atoms. The fraction of sp³-hybridized carbons (Fsp3) is 0.227. The van der Waals surface area contributed by atoms with E-state index < -0.39 is 51.2 Å². The molecule has 0 fully saturated rings. The standard InChI is InChI=1S/C22H19F3N2O4/c1-4-31-22(28)17-12(3)26-20(19-15(24)9-13(23)10-16(19)25)21(27(29)30)18(17)14-8-6-5-7-11(14)2/h5-10,18,26H,4H2,1-3H3. The molecule has 6 nitrogen and oxygen atoms in total. The average Bonchev–Trinajstić information content (AvgIpc) is 2.67. The van der Waals surface area contributed by atoms with Gasteiger partial charge in [-0.25, -0.2) is 18.0 Å². The molecule has 162 valence electrons. The van der Waals surface area contributed by atoms with E-state index in [1.165, 1.54) is 6.92 Å². The van der Waals surface area contributed by atoms with Gasteiger partial charge in [0, 0.05) is 17.8 Å². The molecule has 2 aromatic carbocycles. The Morgan fingerprint density at radius 1 is 1.16 bits per heavy atom. The Labute approximate surface area is 176 Å². The van der Waals surface area contributed by atoms with Crippen LogP contribution in [0.5, 0.6) is 0 Å². The van der Waals surface area contributed by atoms with Gasteiger partial charge in [-0.05, 0) is 31.9 Å². The van der Waals surface area contributed by atoms with Crippen LogP contribution in [-0.4, -0.2) is 17.5 Å². The normalized spacial score (nSPS) is 16.3. The Morgan fingerprint density at radius 3 is 2.32 bits per heavy atom. The molecule has 1 aliphatic rings. The number of aryl methyl sites for hydroxylation is 1. The number of nitro groups is 1. The van der Waals surface area contributed by atoms with Crippen molar-refractivity contribution in [1.29, 1.82) is 0 Å². The summed E-state index contributed by atoms with van der Waals surface area (Å²) in [5.74, 6) is -5.84. The minimum absolute atomic E-state index is 0.0295. The summed E-state index contributed by atoms with van der Waals surface area (Å²) in [6.07, 6.45) is 0. The van der Waals surface area contributed by atoms with Crippen LogP contribution in [0.15, 0.2) is 53.4 Å². The zero-order valence-corrected chi connectivity index (χ0v) is 17.0. The van der Waals surface area contributed by atoms with Crippen LogP contribution in [0.2, 0.25) is 0 Å². The van der Waals surface area contributed by atoms with E-state index in [4.69, 9.17) is 4.74 Å². The number of allylic oxidation sites excluding steroid dienone is 2. The highest BCUT2D eigenvalue weighted by atomic mass is 19.1. The first-order valence-electron chi connectivity index (χ1n) is 9.41. The summed E-state index contributed by atoms with van der Waals surface area (Å²) in [6.45, 7) is 4.77. The van der Waals surface area contributed by atoms with Gasteiger partial charge in [0.2, 0.25) is 0 Å². The molecule has 0 bridgehead atoms.